The Morgan fingerprint density at radius 1 is 1.17 bits per heavy atom. The highest BCUT2D eigenvalue weighted by atomic mass is 32.2. The molecule has 0 saturated heterocycles. The summed E-state index contributed by atoms with van der Waals surface area (Å²) in [6.45, 7) is 3.90. The quantitative estimate of drug-likeness (QED) is 0.618. The van der Waals surface area contributed by atoms with Crippen molar-refractivity contribution in [2.45, 2.75) is 18.4 Å². The number of rotatable bonds is 5. The van der Waals surface area contributed by atoms with Crippen LogP contribution in [-0.2, 0) is 16.4 Å². The highest BCUT2D eigenvalue weighted by Crippen LogP contribution is 2.31. The SMILES string of the molecule is CSCCNc1cc(N2CCS(=O)(=O)c3ccccc3C2)nc2ccc(C)cc12. The van der Waals surface area contributed by atoms with Crippen molar-refractivity contribution in [2.75, 3.05) is 41.1 Å². The molecule has 29 heavy (non-hydrogen) atoms. The average molecular weight is 428 g/mol. The van der Waals surface area contributed by atoms with Crippen LogP contribution in [-0.4, -0.2) is 44.3 Å². The molecule has 0 aliphatic carbocycles. The number of nitrogens with zero attached hydrogens (tertiary/aromatic N) is 2. The minimum absolute atomic E-state index is 0.0901. The van der Waals surface area contributed by atoms with Crippen LogP contribution in [0.2, 0.25) is 0 Å². The maximum absolute atomic E-state index is 12.7. The van der Waals surface area contributed by atoms with Gasteiger partial charge in [0.1, 0.15) is 5.82 Å². The van der Waals surface area contributed by atoms with Crippen LogP contribution >= 0.6 is 11.8 Å². The normalized spacial score (nSPS) is 15.7. The van der Waals surface area contributed by atoms with Crippen LogP contribution in [0.3, 0.4) is 0 Å². The molecule has 2 heterocycles. The molecule has 1 aromatic heterocycles. The Hall–Kier alpha value is -2.25. The lowest BCUT2D eigenvalue weighted by atomic mass is 10.1. The highest BCUT2D eigenvalue weighted by molar-refractivity contribution is 7.98. The summed E-state index contributed by atoms with van der Waals surface area (Å²) in [5, 5.41) is 4.64. The van der Waals surface area contributed by atoms with Crippen molar-refractivity contribution in [2.24, 2.45) is 0 Å². The summed E-state index contributed by atoms with van der Waals surface area (Å²) < 4.78 is 25.4. The molecule has 1 aliphatic heterocycles. The lowest BCUT2D eigenvalue weighted by Gasteiger charge is -2.23. The van der Waals surface area contributed by atoms with Gasteiger partial charge in [0.05, 0.1) is 16.2 Å². The first-order valence-corrected chi connectivity index (χ1v) is 12.7. The first-order chi connectivity index (χ1) is 14.0. The van der Waals surface area contributed by atoms with E-state index in [0.29, 0.717) is 18.0 Å². The molecule has 0 amide bonds. The fourth-order valence-electron chi connectivity index (χ4n) is 3.68. The standard InChI is InChI=1S/C22H25N3O2S2/c1-16-7-8-19-18(13-16)20(23-9-11-28-2)14-22(24-19)25-10-12-29(26,27)21-6-4-3-5-17(21)15-25/h3-8,13-14H,9-12,15H2,1-2H3,(H,23,24). The van der Waals surface area contributed by atoms with Gasteiger partial charge in [-0.25, -0.2) is 13.4 Å². The van der Waals surface area contributed by atoms with Gasteiger partial charge >= 0.3 is 0 Å². The van der Waals surface area contributed by atoms with Crippen molar-refractivity contribution in [3.8, 4) is 0 Å². The summed E-state index contributed by atoms with van der Waals surface area (Å²) in [4.78, 5) is 7.39. The van der Waals surface area contributed by atoms with Gasteiger partial charge in [-0.05, 0) is 36.9 Å². The molecule has 3 aromatic rings. The number of nitrogens with one attached hydrogen (secondary N) is 1. The molecule has 0 spiro atoms. The predicted octanol–water partition coefficient (Wildman–Crippen LogP) is 4.11. The molecule has 0 saturated carbocycles. The molecule has 5 nitrogen and oxygen atoms in total. The third-order valence-corrected chi connectivity index (χ3v) is 7.60. The van der Waals surface area contributed by atoms with Crippen molar-refractivity contribution >= 4 is 44.0 Å². The van der Waals surface area contributed by atoms with Crippen LogP contribution in [0.5, 0.6) is 0 Å². The van der Waals surface area contributed by atoms with Crippen LogP contribution in [0.4, 0.5) is 11.5 Å². The van der Waals surface area contributed by atoms with Crippen molar-refractivity contribution in [1.82, 2.24) is 4.98 Å². The summed E-state index contributed by atoms with van der Waals surface area (Å²) in [5.74, 6) is 1.91. The number of hydrogen-bond donors (Lipinski definition) is 1. The minimum atomic E-state index is -3.28. The fourth-order valence-corrected chi connectivity index (χ4v) is 5.48. The van der Waals surface area contributed by atoms with Gasteiger partial charge in [-0.15, -0.1) is 0 Å². The Balaban J connectivity index is 1.76. The second kappa shape index (κ2) is 8.24. The van der Waals surface area contributed by atoms with E-state index in [4.69, 9.17) is 4.98 Å². The van der Waals surface area contributed by atoms with Crippen LogP contribution < -0.4 is 10.2 Å². The number of benzene rings is 2. The summed E-state index contributed by atoms with van der Waals surface area (Å²) in [7, 11) is -3.28. The minimum Gasteiger partial charge on any atom is -0.384 e. The Kier molecular flexibility index (Phi) is 5.69. The lowest BCUT2D eigenvalue weighted by molar-refractivity contribution is 0.596. The number of anilines is 2. The van der Waals surface area contributed by atoms with Gasteiger partial charge < -0.3 is 10.2 Å². The molecule has 4 rings (SSSR count). The summed E-state index contributed by atoms with van der Waals surface area (Å²) in [6.07, 6.45) is 2.09. The van der Waals surface area contributed by atoms with Crippen molar-refractivity contribution < 1.29 is 8.42 Å². The predicted molar refractivity (Wildman–Crippen MR) is 123 cm³/mol. The molecule has 152 valence electrons. The zero-order valence-corrected chi connectivity index (χ0v) is 18.3. The molecule has 0 fully saturated rings. The zero-order chi connectivity index (χ0) is 20.4. The lowest BCUT2D eigenvalue weighted by Crippen LogP contribution is -2.26. The van der Waals surface area contributed by atoms with Crippen LogP contribution in [0.25, 0.3) is 10.9 Å². The van der Waals surface area contributed by atoms with Gasteiger partial charge in [0.2, 0.25) is 0 Å². The molecular formula is C22H25N3O2S2. The highest BCUT2D eigenvalue weighted by Gasteiger charge is 2.26. The molecule has 0 radical (unpaired) electrons. The van der Waals surface area contributed by atoms with Gasteiger partial charge in [-0.3, -0.25) is 0 Å². The number of hydrogen-bond acceptors (Lipinski definition) is 6. The van der Waals surface area contributed by atoms with E-state index in [2.05, 4.69) is 41.6 Å². The molecular weight excluding hydrogens is 402 g/mol. The Morgan fingerprint density at radius 3 is 2.83 bits per heavy atom. The second-order valence-corrected chi connectivity index (χ2v) is 10.4. The van der Waals surface area contributed by atoms with E-state index >= 15 is 0 Å². The van der Waals surface area contributed by atoms with Gasteiger partial charge in [-0.1, -0.05) is 29.8 Å². The van der Waals surface area contributed by atoms with E-state index in [0.717, 1.165) is 40.3 Å². The molecule has 1 aliphatic rings. The third kappa shape index (κ3) is 4.21. The van der Waals surface area contributed by atoms with E-state index in [1.165, 1.54) is 5.56 Å². The first-order valence-electron chi connectivity index (χ1n) is 9.68. The summed E-state index contributed by atoms with van der Waals surface area (Å²) in [5.41, 5.74) is 3.98. The van der Waals surface area contributed by atoms with E-state index in [1.54, 1.807) is 23.9 Å². The van der Waals surface area contributed by atoms with Gasteiger partial charge in [0, 0.05) is 42.5 Å². The van der Waals surface area contributed by atoms with E-state index in [9.17, 15) is 8.42 Å². The molecule has 0 unspecified atom stereocenters. The number of sulfone groups is 1. The Bertz CT molecular complexity index is 1150. The first kappa shape index (κ1) is 20.0. The smallest absolute Gasteiger partial charge is 0.180 e. The molecule has 0 bridgehead atoms. The number of thioether (sulfide) groups is 1. The summed E-state index contributed by atoms with van der Waals surface area (Å²) >= 11 is 1.80. The van der Waals surface area contributed by atoms with Crippen LogP contribution in [0.15, 0.2) is 53.4 Å². The fraction of sp³-hybridized carbons (Fsp3) is 0.318. The van der Waals surface area contributed by atoms with Crippen molar-refractivity contribution in [3.05, 3.63) is 59.7 Å². The molecule has 2 aromatic carbocycles. The van der Waals surface area contributed by atoms with Crippen molar-refractivity contribution in [3.63, 3.8) is 0 Å². The Morgan fingerprint density at radius 2 is 2.00 bits per heavy atom. The average Bonchev–Trinajstić information content (AvgIpc) is 2.84. The van der Waals surface area contributed by atoms with E-state index in [1.807, 2.05) is 18.2 Å². The van der Waals surface area contributed by atoms with Gasteiger partial charge in [-0.2, -0.15) is 11.8 Å². The number of fused-ring (bicyclic) bond motifs is 2. The van der Waals surface area contributed by atoms with E-state index < -0.39 is 9.84 Å². The molecule has 0 atom stereocenters. The molecule has 1 N–H and O–H groups in total. The van der Waals surface area contributed by atoms with Crippen LogP contribution in [0.1, 0.15) is 11.1 Å². The van der Waals surface area contributed by atoms with E-state index in [-0.39, 0.29) is 5.75 Å². The van der Waals surface area contributed by atoms with Gasteiger partial charge in [0.15, 0.2) is 9.84 Å². The number of aromatic nitrogens is 1. The topological polar surface area (TPSA) is 62.3 Å². The number of aryl methyl sites for hydroxylation is 1. The monoisotopic (exact) mass is 427 g/mol. The van der Waals surface area contributed by atoms with Gasteiger partial charge in [0.25, 0.3) is 0 Å². The molecule has 7 heteroatoms. The number of pyridine rings is 1. The third-order valence-electron chi connectivity index (χ3n) is 5.20. The maximum atomic E-state index is 12.7. The summed E-state index contributed by atoms with van der Waals surface area (Å²) in [6, 6.07) is 15.6. The largest absolute Gasteiger partial charge is 0.384 e. The second-order valence-electron chi connectivity index (χ2n) is 7.32. The maximum Gasteiger partial charge on any atom is 0.180 e. The Labute approximate surface area is 176 Å². The van der Waals surface area contributed by atoms with Crippen LogP contribution in [0, 0.1) is 6.92 Å². The zero-order valence-electron chi connectivity index (χ0n) is 16.7. The van der Waals surface area contributed by atoms with Crippen molar-refractivity contribution in [1.29, 1.82) is 0 Å².